The summed E-state index contributed by atoms with van der Waals surface area (Å²) >= 11 is 0. The maximum absolute atomic E-state index is 4.29. The van der Waals surface area contributed by atoms with Gasteiger partial charge < -0.3 is 5.32 Å². The Hall–Kier alpha value is -1.75. The first-order valence-corrected chi connectivity index (χ1v) is 4.92. The molecule has 0 aliphatic heterocycles. The zero-order chi connectivity index (χ0) is 10.5. The number of hydrogen-bond donors (Lipinski definition) is 1. The molecule has 0 amide bonds. The Bertz CT molecular complexity index is 392. The van der Waals surface area contributed by atoms with Crippen LogP contribution in [0.15, 0.2) is 30.9 Å². The molecule has 0 bridgehead atoms. The van der Waals surface area contributed by atoms with Crippen molar-refractivity contribution in [1.82, 2.24) is 25.1 Å². The van der Waals surface area contributed by atoms with Gasteiger partial charge in [0.1, 0.15) is 0 Å². The lowest BCUT2D eigenvalue weighted by molar-refractivity contribution is 0.703. The van der Waals surface area contributed by atoms with Gasteiger partial charge in [-0.05, 0) is 12.6 Å². The van der Waals surface area contributed by atoms with Gasteiger partial charge in [0, 0.05) is 18.9 Å². The van der Waals surface area contributed by atoms with Crippen LogP contribution < -0.4 is 5.32 Å². The van der Waals surface area contributed by atoms with E-state index in [4.69, 9.17) is 0 Å². The molecule has 5 heteroatoms. The van der Waals surface area contributed by atoms with Crippen molar-refractivity contribution < 1.29 is 0 Å². The lowest BCUT2D eigenvalue weighted by atomic mass is 10.4. The van der Waals surface area contributed by atoms with E-state index in [0.717, 1.165) is 24.6 Å². The Kier molecular flexibility index (Phi) is 3.04. The third-order valence-corrected chi connectivity index (χ3v) is 1.99. The van der Waals surface area contributed by atoms with Crippen LogP contribution in [-0.4, -0.2) is 26.3 Å². The third kappa shape index (κ3) is 2.38. The van der Waals surface area contributed by atoms with Crippen LogP contribution in [0.1, 0.15) is 12.6 Å². The maximum Gasteiger partial charge on any atom is 0.171 e. The molecule has 0 aliphatic rings. The van der Waals surface area contributed by atoms with E-state index in [-0.39, 0.29) is 0 Å². The van der Waals surface area contributed by atoms with Gasteiger partial charge in [-0.25, -0.2) is 9.67 Å². The Labute approximate surface area is 88.2 Å². The molecule has 0 saturated carbocycles. The number of nitrogens with one attached hydrogen (secondary N) is 1. The van der Waals surface area contributed by atoms with Gasteiger partial charge in [-0.15, -0.1) is 0 Å². The van der Waals surface area contributed by atoms with E-state index < -0.39 is 0 Å². The van der Waals surface area contributed by atoms with Crippen molar-refractivity contribution in [3.63, 3.8) is 0 Å². The van der Waals surface area contributed by atoms with E-state index in [9.17, 15) is 0 Å². The van der Waals surface area contributed by atoms with Gasteiger partial charge in [0.05, 0.1) is 18.1 Å². The second kappa shape index (κ2) is 4.65. The molecule has 2 heterocycles. The highest BCUT2D eigenvalue weighted by Gasteiger charge is 1.98. The second-order valence-electron chi connectivity index (χ2n) is 3.10. The molecule has 1 N–H and O–H groups in total. The average Bonchev–Trinajstić information content (AvgIpc) is 2.80. The van der Waals surface area contributed by atoms with Crippen LogP contribution in [0.4, 0.5) is 0 Å². The number of aromatic nitrogens is 4. The van der Waals surface area contributed by atoms with Crippen LogP contribution in [0.3, 0.4) is 0 Å². The highest BCUT2D eigenvalue weighted by atomic mass is 15.3. The minimum absolute atomic E-state index is 0.736. The molecule has 2 aromatic rings. The SMILES string of the molecule is CCNCc1cnc(-n2cccn2)cn1. The van der Waals surface area contributed by atoms with Crippen molar-refractivity contribution in [3.05, 3.63) is 36.5 Å². The molecule has 2 aromatic heterocycles. The summed E-state index contributed by atoms with van der Waals surface area (Å²) in [5.74, 6) is 0.736. The Morgan fingerprint density at radius 1 is 1.33 bits per heavy atom. The van der Waals surface area contributed by atoms with Gasteiger partial charge in [0.15, 0.2) is 5.82 Å². The Balaban J connectivity index is 2.11. The summed E-state index contributed by atoms with van der Waals surface area (Å²) in [6.07, 6.45) is 7.04. The van der Waals surface area contributed by atoms with E-state index in [1.807, 2.05) is 12.3 Å². The highest BCUT2D eigenvalue weighted by molar-refractivity contribution is 5.17. The van der Waals surface area contributed by atoms with Crippen molar-refractivity contribution in [2.45, 2.75) is 13.5 Å². The predicted molar refractivity (Wildman–Crippen MR) is 56.5 cm³/mol. The molecule has 0 aromatic carbocycles. The molecule has 0 atom stereocenters. The topological polar surface area (TPSA) is 55.6 Å². The van der Waals surface area contributed by atoms with Crippen LogP contribution in [0.5, 0.6) is 0 Å². The summed E-state index contributed by atoms with van der Waals surface area (Å²) < 4.78 is 1.68. The summed E-state index contributed by atoms with van der Waals surface area (Å²) in [7, 11) is 0. The van der Waals surface area contributed by atoms with E-state index in [0.29, 0.717) is 0 Å². The predicted octanol–water partition coefficient (Wildman–Crippen LogP) is 0.772. The molecule has 15 heavy (non-hydrogen) atoms. The minimum atomic E-state index is 0.736. The van der Waals surface area contributed by atoms with E-state index in [1.54, 1.807) is 23.3 Å². The largest absolute Gasteiger partial charge is 0.311 e. The van der Waals surface area contributed by atoms with Gasteiger partial charge in [-0.1, -0.05) is 6.92 Å². The first-order valence-electron chi connectivity index (χ1n) is 4.92. The number of rotatable bonds is 4. The smallest absolute Gasteiger partial charge is 0.171 e. The quantitative estimate of drug-likeness (QED) is 0.797. The van der Waals surface area contributed by atoms with Crippen LogP contribution in [0.25, 0.3) is 5.82 Å². The average molecular weight is 203 g/mol. The fraction of sp³-hybridized carbons (Fsp3) is 0.300. The van der Waals surface area contributed by atoms with Crippen LogP contribution in [0.2, 0.25) is 0 Å². The van der Waals surface area contributed by atoms with Gasteiger partial charge in [-0.3, -0.25) is 4.98 Å². The zero-order valence-electron chi connectivity index (χ0n) is 8.59. The maximum atomic E-state index is 4.29. The van der Waals surface area contributed by atoms with E-state index in [2.05, 4.69) is 27.3 Å². The van der Waals surface area contributed by atoms with Crippen LogP contribution in [-0.2, 0) is 6.54 Å². The summed E-state index contributed by atoms with van der Waals surface area (Å²) in [4.78, 5) is 8.56. The molecule has 0 radical (unpaired) electrons. The normalized spacial score (nSPS) is 10.5. The fourth-order valence-electron chi connectivity index (χ4n) is 1.21. The zero-order valence-corrected chi connectivity index (χ0v) is 8.59. The van der Waals surface area contributed by atoms with E-state index >= 15 is 0 Å². The Morgan fingerprint density at radius 3 is 2.87 bits per heavy atom. The molecule has 0 unspecified atom stereocenters. The summed E-state index contributed by atoms with van der Waals surface area (Å²) in [5.41, 5.74) is 0.938. The molecule has 0 fully saturated rings. The highest BCUT2D eigenvalue weighted by Crippen LogP contribution is 2.00. The van der Waals surface area contributed by atoms with Gasteiger partial charge in [0.25, 0.3) is 0 Å². The third-order valence-electron chi connectivity index (χ3n) is 1.99. The van der Waals surface area contributed by atoms with E-state index in [1.165, 1.54) is 0 Å². The lowest BCUT2D eigenvalue weighted by Crippen LogP contribution is -2.13. The molecule has 5 nitrogen and oxygen atoms in total. The molecule has 78 valence electrons. The van der Waals surface area contributed by atoms with Crippen molar-refractivity contribution in [2.75, 3.05) is 6.54 Å². The molecular weight excluding hydrogens is 190 g/mol. The second-order valence-corrected chi connectivity index (χ2v) is 3.10. The number of hydrogen-bond acceptors (Lipinski definition) is 4. The molecular formula is C10H13N5. The number of nitrogens with zero attached hydrogens (tertiary/aromatic N) is 4. The molecule has 0 spiro atoms. The molecule has 2 rings (SSSR count). The van der Waals surface area contributed by atoms with Crippen molar-refractivity contribution in [1.29, 1.82) is 0 Å². The molecule has 0 saturated heterocycles. The fourth-order valence-corrected chi connectivity index (χ4v) is 1.21. The standard InChI is InChI=1S/C10H13N5/c1-2-11-6-9-7-13-10(8-12-9)15-5-3-4-14-15/h3-5,7-8,11H,2,6H2,1H3. The summed E-state index contributed by atoms with van der Waals surface area (Å²) in [5, 5.41) is 7.27. The monoisotopic (exact) mass is 203 g/mol. The van der Waals surface area contributed by atoms with Crippen molar-refractivity contribution in [2.24, 2.45) is 0 Å². The lowest BCUT2D eigenvalue weighted by Gasteiger charge is -2.02. The summed E-state index contributed by atoms with van der Waals surface area (Å²) in [6, 6.07) is 1.86. The van der Waals surface area contributed by atoms with Crippen molar-refractivity contribution in [3.8, 4) is 5.82 Å². The summed E-state index contributed by atoms with van der Waals surface area (Å²) in [6.45, 7) is 3.75. The Morgan fingerprint density at radius 2 is 2.27 bits per heavy atom. The molecule has 0 aliphatic carbocycles. The van der Waals surface area contributed by atoms with Crippen LogP contribution >= 0.6 is 0 Å². The van der Waals surface area contributed by atoms with Gasteiger partial charge >= 0.3 is 0 Å². The van der Waals surface area contributed by atoms with Gasteiger partial charge in [0.2, 0.25) is 0 Å². The van der Waals surface area contributed by atoms with Crippen LogP contribution in [0, 0.1) is 0 Å². The first-order chi connectivity index (χ1) is 7.40. The van der Waals surface area contributed by atoms with Gasteiger partial charge in [-0.2, -0.15) is 5.10 Å². The van der Waals surface area contributed by atoms with Crippen molar-refractivity contribution >= 4 is 0 Å². The first kappa shape index (κ1) is 9.79. The minimum Gasteiger partial charge on any atom is -0.311 e.